The zero-order valence-electron chi connectivity index (χ0n) is 8.33. The van der Waals surface area contributed by atoms with Gasteiger partial charge in [0, 0.05) is 16.1 Å². The van der Waals surface area contributed by atoms with E-state index in [1.165, 1.54) is 4.90 Å². The highest BCUT2D eigenvalue weighted by Crippen LogP contribution is 2.37. The van der Waals surface area contributed by atoms with E-state index >= 15 is 0 Å². The first kappa shape index (κ1) is 9.99. The monoisotopic (exact) mass is 223 g/mol. The molecule has 0 amide bonds. The normalized spacial score (nSPS) is 19.4. The summed E-state index contributed by atoms with van der Waals surface area (Å²) in [6, 6.07) is 8.31. The van der Waals surface area contributed by atoms with Crippen LogP contribution in [0.1, 0.15) is 13.8 Å². The van der Waals surface area contributed by atoms with Crippen LogP contribution in [0.3, 0.4) is 0 Å². The molecular weight excluding hydrogens is 210 g/mol. The van der Waals surface area contributed by atoms with Crippen LogP contribution in [-0.4, -0.2) is 10.7 Å². The largest absolute Gasteiger partial charge is 0.349 e. The minimum Gasteiger partial charge on any atom is -0.349 e. The summed E-state index contributed by atoms with van der Waals surface area (Å²) >= 11 is 7.25. The molecule has 0 saturated carbocycles. The first-order valence-corrected chi connectivity index (χ1v) is 6.02. The molecule has 2 rings (SSSR count). The second-order valence-corrected chi connectivity index (χ2v) is 5.55. The molecule has 3 heteroatoms. The number of thioether (sulfide) groups is 1. The van der Waals surface area contributed by atoms with Crippen molar-refractivity contribution < 1.29 is 0 Å². The highest BCUT2D eigenvalue weighted by Gasteiger charge is 2.27. The number of thiocarbonyl (C=S) groups is 1. The lowest BCUT2D eigenvalue weighted by Crippen LogP contribution is -2.29. The van der Waals surface area contributed by atoms with Gasteiger partial charge in [0.15, 0.2) is 0 Å². The predicted molar refractivity (Wildman–Crippen MR) is 67.2 cm³/mol. The van der Waals surface area contributed by atoms with Crippen LogP contribution in [0.2, 0.25) is 0 Å². The van der Waals surface area contributed by atoms with Crippen LogP contribution in [-0.2, 0) is 0 Å². The average molecular weight is 223 g/mol. The fraction of sp³-hybridized carbons (Fsp3) is 0.364. The summed E-state index contributed by atoms with van der Waals surface area (Å²) in [5.41, 5.74) is 1.23. The quantitative estimate of drug-likeness (QED) is 0.675. The van der Waals surface area contributed by atoms with Crippen molar-refractivity contribution in [2.24, 2.45) is 5.41 Å². The Labute approximate surface area is 94.3 Å². The lowest BCUT2D eigenvalue weighted by Gasteiger charge is -2.22. The number of nitrogens with one attached hydrogen (secondary N) is 1. The molecule has 1 nitrogen and oxygen atoms in total. The Bertz CT molecular complexity index is 371. The summed E-state index contributed by atoms with van der Waals surface area (Å²) in [5, 5.41) is 3.32. The van der Waals surface area contributed by atoms with Gasteiger partial charge >= 0.3 is 0 Å². The van der Waals surface area contributed by atoms with Crippen molar-refractivity contribution in [3.63, 3.8) is 0 Å². The van der Waals surface area contributed by atoms with Crippen molar-refractivity contribution in [2.75, 3.05) is 11.1 Å². The number of fused-ring (bicyclic) bond motifs is 1. The molecule has 0 saturated heterocycles. The molecule has 0 bridgehead atoms. The summed E-state index contributed by atoms with van der Waals surface area (Å²) in [4.78, 5) is 2.23. The van der Waals surface area contributed by atoms with Crippen molar-refractivity contribution in [3.8, 4) is 0 Å². The summed E-state index contributed by atoms with van der Waals surface area (Å²) in [7, 11) is 0. The van der Waals surface area contributed by atoms with E-state index in [4.69, 9.17) is 12.2 Å². The van der Waals surface area contributed by atoms with Crippen molar-refractivity contribution in [3.05, 3.63) is 24.3 Å². The minimum absolute atomic E-state index is 0.0824. The molecule has 1 heterocycles. The summed E-state index contributed by atoms with van der Waals surface area (Å²) in [5.74, 6) is 1.04. The van der Waals surface area contributed by atoms with Gasteiger partial charge in [-0.25, -0.2) is 0 Å². The van der Waals surface area contributed by atoms with Crippen LogP contribution in [0.15, 0.2) is 29.2 Å². The van der Waals surface area contributed by atoms with E-state index in [0.717, 1.165) is 16.4 Å². The van der Waals surface area contributed by atoms with E-state index in [1.807, 2.05) is 17.8 Å². The maximum Gasteiger partial charge on any atom is 0.0863 e. The van der Waals surface area contributed by atoms with E-state index in [9.17, 15) is 0 Å². The topological polar surface area (TPSA) is 12.0 Å². The SMILES string of the molecule is CC1(C)CSc2ccccc2NC1=S. The summed E-state index contributed by atoms with van der Waals surface area (Å²) in [6.07, 6.45) is 0. The van der Waals surface area contributed by atoms with Crippen molar-refractivity contribution in [1.82, 2.24) is 0 Å². The molecule has 0 radical (unpaired) electrons. The van der Waals surface area contributed by atoms with E-state index in [-0.39, 0.29) is 5.41 Å². The van der Waals surface area contributed by atoms with E-state index in [0.29, 0.717) is 0 Å². The van der Waals surface area contributed by atoms with Gasteiger partial charge in [-0.3, -0.25) is 0 Å². The first-order valence-electron chi connectivity index (χ1n) is 4.63. The molecule has 0 atom stereocenters. The molecule has 1 N–H and O–H groups in total. The van der Waals surface area contributed by atoms with Gasteiger partial charge in [-0.2, -0.15) is 0 Å². The Morgan fingerprint density at radius 1 is 1.36 bits per heavy atom. The molecule has 1 aromatic carbocycles. The number of para-hydroxylation sites is 1. The molecule has 1 aliphatic heterocycles. The number of benzene rings is 1. The molecule has 0 fully saturated rings. The molecule has 74 valence electrons. The van der Waals surface area contributed by atoms with Gasteiger partial charge in [-0.15, -0.1) is 11.8 Å². The van der Waals surface area contributed by atoms with Gasteiger partial charge < -0.3 is 5.32 Å². The van der Waals surface area contributed by atoms with Gasteiger partial charge in [0.25, 0.3) is 0 Å². The molecule has 0 unspecified atom stereocenters. The summed E-state index contributed by atoms with van der Waals surface area (Å²) in [6.45, 7) is 4.36. The maximum atomic E-state index is 5.38. The molecular formula is C11H13NS2. The van der Waals surface area contributed by atoms with Crippen LogP contribution >= 0.6 is 24.0 Å². The standard InChI is InChI=1S/C11H13NS2/c1-11(2)7-14-9-6-4-3-5-8(9)12-10(11)13/h3-6H,7H2,1-2H3,(H,12,13). The molecule has 1 aliphatic rings. The van der Waals surface area contributed by atoms with Crippen molar-refractivity contribution >= 4 is 34.7 Å². The zero-order chi connectivity index (χ0) is 10.2. The summed E-state index contributed by atoms with van der Waals surface area (Å²) < 4.78 is 0. The number of rotatable bonds is 0. The predicted octanol–water partition coefficient (Wildman–Crippen LogP) is 3.56. The second-order valence-electron chi connectivity index (χ2n) is 4.12. The second kappa shape index (κ2) is 3.55. The molecule has 0 aromatic heterocycles. The van der Waals surface area contributed by atoms with Crippen LogP contribution in [0.5, 0.6) is 0 Å². The number of hydrogen-bond donors (Lipinski definition) is 1. The van der Waals surface area contributed by atoms with Crippen LogP contribution in [0.25, 0.3) is 0 Å². The third kappa shape index (κ3) is 1.79. The van der Waals surface area contributed by atoms with Gasteiger partial charge in [0.2, 0.25) is 0 Å². The molecule has 0 aliphatic carbocycles. The Morgan fingerprint density at radius 3 is 2.86 bits per heavy atom. The molecule has 0 spiro atoms. The van der Waals surface area contributed by atoms with Gasteiger partial charge in [-0.1, -0.05) is 38.2 Å². The maximum absolute atomic E-state index is 5.38. The third-order valence-electron chi connectivity index (χ3n) is 2.34. The van der Waals surface area contributed by atoms with E-state index < -0.39 is 0 Å². The average Bonchev–Trinajstić information content (AvgIpc) is 2.26. The molecule has 1 aromatic rings. The Hall–Kier alpha value is -0.540. The lowest BCUT2D eigenvalue weighted by molar-refractivity contribution is 0.614. The van der Waals surface area contributed by atoms with Crippen LogP contribution in [0.4, 0.5) is 5.69 Å². The Balaban J connectivity index is 2.38. The lowest BCUT2D eigenvalue weighted by atomic mass is 9.96. The van der Waals surface area contributed by atoms with Crippen LogP contribution in [0, 0.1) is 5.41 Å². The third-order valence-corrected chi connectivity index (χ3v) is 4.53. The van der Waals surface area contributed by atoms with Crippen molar-refractivity contribution in [2.45, 2.75) is 18.7 Å². The number of anilines is 1. The molecule has 14 heavy (non-hydrogen) atoms. The highest BCUT2D eigenvalue weighted by molar-refractivity contribution is 7.99. The Morgan fingerprint density at radius 2 is 2.07 bits per heavy atom. The fourth-order valence-corrected chi connectivity index (χ4v) is 2.69. The first-order chi connectivity index (χ1) is 6.59. The van der Waals surface area contributed by atoms with E-state index in [1.54, 1.807) is 0 Å². The van der Waals surface area contributed by atoms with Crippen LogP contribution < -0.4 is 5.32 Å². The van der Waals surface area contributed by atoms with Gasteiger partial charge in [0.1, 0.15) is 0 Å². The van der Waals surface area contributed by atoms with E-state index in [2.05, 4.69) is 37.4 Å². The highest BCUT2D eigenvalue weighted by atomic mass is 32.2. The van der Waals surface area contributed by atoms with Gasteiger partial charge in [0.05, 0.1) is 10.7 Å². The number of hydrogen-bond acceptors (Lipinski definition) is 2. The zero-order valence-corrected chi connectivity index (χ0v) is 9.97. The fourth-order valence-electron chi connectivity index (χ4n) is 1.31. The van der Waals surface area contributed by atoms with Gasteiger partial charge in [-0.05, 0) is 12.1 Å². The minimum atomic E-state index is 0.0824. The smallest absolute Gasteiger partial charge is 0.0863 e. The van der Waals surface area contributed by atoms with Crippen molar-refractivity contribution in [1.29, 1.82) is 0 Å². The Kier molecular flexibility index (Phi) is 2.54.